The molecule has 1 fully saturated rings. The molecule has 0 aliphatic carbocycles. The number of piperidine rings is 1. The molecular weight excluding hydrogens is 409 g/mol. The molecule has 1 aromatic carbocycles. The van der Waals surface area contributed by atoms with Crippen molar-refractivity contribution < 1.29 is 13.2 Å². The molecule has 2 aromatic rings. The van der Waals surface area contributed by atoms with E-state index in [1.165, 1.54) is 16.4 Å². The highest BCUT2D eigenvalue weighted by molar-refractivity contribution is 7.89. The van der Waals surface area contributed by atoms with Crippen LogP contribution in [-0.4, -0.2) is 41.9 Å². The van der Waals surface area contributed by atoms with Gasteiger partial charge in [-0.1, -0.05) is 30.1 Å². The van der Waals surface area contributed by atoms with Gasteiger partial charge in [-0.25, -0.2) is 18.4 Å². The fraction of sp³-hybridized carbons (Fsp3) is 0.444. The van der Waals surface area contributed by atoms with Crippen molar-refractivity contribution in [1.29, 1.82) is 0 Å². The summed E-state index contributed by atoms with van der Waals surface area (Å²) in [7, 11) is -3.75. The average Bonchev–Trinajstić information content (AvgIpc) is 2.65. The number of hydrogen-bond acceptors (Lipinski definition) is 5. The van der Waals surface area contributed by atoms with Gasteiger partial charge in [0.15, 0.2) is 0 Å². The van der Waals surface area contributed by atoms with Gasteiger partial charge in [0.05, 0.1) is 11.6 Å². The SMILES string of the molecule is CCc1cnc(OC2CCCN(S(=O)(=O)c3cc(C)c(Cl)cc3Cl)C2)nc1. The van der Waals surface area contributed by atoms with Gasteiger partial charge in [-0.15, -0.1) is 0 Å². The van der Waals surface area contributed by atoms with Crippen LogP contribution in [0.2, 0.25) is 10.0 Å². The van der Waals surface area contributed by atoms with Crippen LogP contribution in [-0.2, 0) is 16.4 Å². The van der Waals surface area contributed by atoms with Crippen LogP contribution >= 0.6 is 23.2 Å². The molecular formula is C18H21Cl2N3O3S. The van der Waals surface area contributed by atoms with Crippen LogP contribution in [0.3, 0.4) is 0 Å². The Labute approximate surface area is 169 Å². The van der Waals surface area contributed by atoms with Crippen LogP contribution in [0.25, 0.3) is 0 Å². The van der Waals surface area contributed by atoms with Crippen molar-refractivity contribution in [2.75, 3.05) is 13.1 Å². The second-order valence-corrected chi connectivity index (χ2v) is 9.23. The van der Waals surface area contributed by atoms with Gasteiger partial charge in [-0.2, -0.15) is 4.31 Å². The topological polar surface area (TPSA) is 72.4 Å². The minimum Gasteiger partial charge on any atom is -0.459 e. The third-order valence-corrected chi connectivity index (χ3v) is 7.27. The largest absolute Gasteiger partial charge is 0.459 e. The lowest BCUT2D eigenvalue weighted by atomic mass is 10.1. The smallest absolute Gasteiger partial charge is 0.316 e. The van der Waals surface area contributed by atoms with Crippen molar-refractivity contribution in [3.05, 3.63) is 45.7 Å². The van der Waals surface area contributed by atoms with E-state index in [-0.39, 0.29) is 28.6 Å². The summed E-state index contributed by atoms with van der Waals surface area (Å²) in [5, 5.41) is 0.554. The van der Waals surface area contributed by atoms with Gasteiger partial charge in [-0.3, -0.25) is 0 Å². The Hall–Kier alpha value is -1.41. The number of sulfonamides is 1. The molecule has 1 unspecified atom stereocenters. The summed E-state index contributed by atoms with van der Waals surface area (Å²) in [5.41, 5.74) is 1.68. The van der Waals surface area contributed by atoms with Gasteiger partial charge >= 0.3 is 6.01 Å². The van der Waals surface area contributed by atoms with E-state index in [9.17, 15) is 8.42 Å². The van der Waals surface area contributed by atoms with E-state index in [2.05, 4.69) is 9.97 Å². The fourth-order valence-electron chi connectivity index (χ4n) is 2.92. The number of ether oxygens (including phenoxy) is 1. The standard InChI is InChI=1S/C18H21Cl2N3O3S/c1-3-13-9-21-18(22-10-13)26-14-5-4-6-23(11-14)27(24,25)17-7-12(2)15(19)8-16(17)20/h7-10,14H,3-6,11H2,1-2H3. The van der Waals surface area contributed by atoms with Gasteiger partial charge in [0, 0.05) is 24.0 Å². The van der Waals surface area contributed by atoms with Crippen LogP contribution in [0, 0.1) is 6.92 Å². The van der Waals surface area contributed by atoms with E-state index in [0.717, 1.165) is 18.4 Å². The third kappa shape index (κ3) is 4.54. The molecule has 9 heteroatoms. The average molecular weight is 430 g/mol. The fourth-order valence-corrected chi connectivity index (χ4v) is 5.24. The number of halogens is 2. The molecule has 1 atom stereocenters. The van der Waals surface area contributed by atoms with E-state index in [4.69, 9.17) is 27.9 Å². The van der Waals surface area contributed by atoms with Crippen molar-refractivity contribution >= 4 is 33.2 Å². The first-order valence-electron chi connectivity index (χ1n) is 8.74. The first kappa shape index (κ1) is 20.3. The lowest BCUT2D eigenvalue weighted by Crippen LogP contribution is -2.44. The molecule has 3 rings (SSSR count). The lowest BCUT2D eigenvalue weighted by Gasteiger charge is -2.31. The molecule has 0 bridgehead atoms. The molecule has 1 saturated heterocycles. The van der Waals surface area contributed by atoms with Gasteiger partial charge in [0.2, 0.25) is 10.0 Å². The zero-order valence-corrected chi connectivity index (χ0v) is 17.5. The Balaban J connectivity index is 1.77. The molecule has 1 aliphatic rings. The number of rotatable bonds is 5. The summed E-state index contributed by atoms with van der Waals surface area (Å²) in [6.45, 7) is 4.40. The number of nitrogens with zero attached hydrogens (tertiary/aromatic N) is 3. The monoisotopic (exact) mass is 429 g/mol. The first-order valence-corrected chi connectivity index (χ1v) is 10.9. The van der Waals surface area contributed by atoms with Crippen molar-refractivity contribution in [3.63, 3.8) is 0 Å². The van der Waals surface area contributed by atoms with Gasteiger partial charge in [0.25, 0.3) is 0 Å². The summed E-state index contributed by atoms with van der Waals surface area (Å²) in [6.07, 6.45) is 5.38. The zero-order valence-electron chi connectivity index (χ0n) is 15.2. The van der Waals surface area contributed by atoms with Crippen LogP contribution in [0.4, 0.5) is 0 Å². The predicted molar refractivity (Wildman–Crippen MR) is 105 cm³/mol. The van der Waals surface area contributed by atoms with Gasteiger partial charge < -0.3 is 4.74 Å². The minimum absolute atomic E-state index is 0.0651. The Bertz CT molecular complexity index is 920. The van der Waals surface area contributed by atoms with Crippen LogP contribution in [0.15, 0.2) is 29.4 Å². The summed E-state index contributed by atoms with van der Waals surface area (Å²) in [4.78, 5) is 8.44. The zero-order chi connectivity index (χ0) is 19.6. The quantitative estimate of drug-likeness (QED) is 0.720. The van der Waals surface area contributed by atoms with Crippen LogP contribution in [0.5, 0.6) is 6.01 Å². The molecule has 146 valence electrons. The number of hydrogen-bond donors (Lipinski definition) is 0. The van der Waals surface area contributed by atoms with Crippen LogP contribution in [0.1, 0.15) is 30.9 Å². The predicted octanol–water partition coefficient (Wildman–Crippen LogP) is 3.89. The van der Waals surface area contributed by atoms with Crippen molar-refractivity contribution in [2.24, 2.45) is 0 Å². The maximum Gasteiger partial charge on any atom is 0.316 e. The summed E-state index contributed by atoms with van der Waals surface area (Å²) >= 11 is 12.2. The molecule has 0 saturated carbocycles. The van der Waals surface area contributed by atoms with E-state index >= 15 is 0 Å². The van der Waals surface area contributed by atoms with Crippen molar-refractivity contribution in [2.45, 2.75) is 44.1 Å². The molecule has 6 nitrogen and oxygen atoms in total. The maximum absolute atomic E-state index is 13.1. The highest BCUT2D eigenvalue weighted by Gasteiger charge is 2.33. The van der Waals surface area contributed by atoms with Crippen molar-refractivity contribution in [1.82, 2.24) is 14.3 Å². The second-order valence-electron chi connectivity index (χ2n) is 6.50. The van der Waals surface area contributed by atoms with Crippen molar-refractivity contribution in [3.8, 4) is 6.01 Å². The lowest BCUT2D eigenvalue weighted by molar-refractivity contribution is 0.119. The molecule has 27 heavy (non-hydrogen) atoms. The minimum atomic E-state index is -3.75. The molecule has 0 radical (unpaired) electrons. The first-order chi connectivity index (χ1) is 12.8. The van der Waals surface area contributed by atoms with E-state index in [1.54, 1.807) is 19.3 Å². The van der Waals surface area contributed by atoms with Gasteiger partial charge in [-0.05, 0) is 49.4 Å². The Morgan fingerprint density at radius 2 is 1.93 bits per heavy atom. The Morgan fingerprint density at radius 1 is 1.22 bits per heavy atom. The number of aryl methyl sites for hydroxylation is 2. The Morgan fingerprint density at radius 3 is 2.59 bits per heavy atom. The molecule has 0 amide bonds. The highest BCUT2D eigenvalue weighted by atomic mass is 35.5. The molecule has 0 spiro atoms. The molecule has 0 N–H and O–H groups in total. The van der Waals surface area contributed by atoms with E-state index < -0.39 is 10.0 Å². The molecule has 2 heterocycles. The Kier molecular flexibility index (Phi) is 6.25. The summed E-state index contributed by atoms with van der Waals surface area (Å²) in [5.74, 6) is 0. The van der Waals surface area contributed by atoms with E-state index in [0.29, 0.717) is 23.6 Å². The second kappa shape index (κ2) is 8.31. The molecule has 1 aliphatic heterocycles. The normalized spacial score (nSPS) is 18.4. The van der Waals surface area contributed by atoms with Crippen LogP contribution < -0.4 is 4.74 Å². The van der Waals surface area contributed by atoms with E-state index in [1.807, 2.05) is 6.92 Å². The highest BCUT2D eigenvalue weighted by Crippen LogP contribution is 2.31. The summed E-state index contributed by atoms with van der Waals surface area (Å²) < 4.78 is 33.3. The summed E-state index contributed by atoms with van der Waals surface area (Å²) in [6, 6.07) is 3.24. The maximum atomic E-state index is 13.1. The molecule has 1 aromatic heterocycles. The number of aromatic nitrogens is 2. The van der Waals surface area contributed by atoms with Gasteiger partial charge in [0.1, 0.15) is 11.0 Å². The third-order valence-electron chi connectivity index (χ3n) is 4.53. The number of benzene rings is 1.